The van der Waals surface area contributed by atoms with E-state index in [2.05, 4.69) is 22.3 Å². The molecule has 8 heteroatoms. The summed E-state index contributed by atoms with van der Waals surface area (Å²) in [5, 5.41) is 6.59. The highest BCUT2D eigenvalue weighted by Crippen LogP contribution is 2.30. The molecule has 0 unspecified atom stereocenters. The number of halogens is 1. The Morgan fingerprint density at radius 1 is 1.19 bits per heavy atom. The Morgan fingerprint density at radius 2 is 1.97 bits per heavy atom. The lowest BCUT2D eigenvalue weighted by Gasteiger charge is -2.29. The van der Waals surface area contributed by atoms with Crippen molar-refractivity contribution >= 4 is 23.6 Å². The van der Waals surface area contributed by atoms with Crippen LogP contribution in [0.3, 0.4) is 0 Å². The zero-order valence-corrected chi connectivity index (χ0v) is 23.2. The molecule has 0 aromatic heterocycles. The smallest absolute Gasteiger partial charge is 0.406 e. The molecule has 0 spiro atoms. The van der Waals surface area contributed by atoms with Crippen LogP contribution in [-0.4, -0.2) is 63.8 Å². The van der Waals surface area contributed by atoms with E-state index in [0.717, 1.165) is 37.4 Å². The third-order valence-corrected chi connectivity index (χ3v) is 7.19. The predicted molar refractivity (Wildman–Crippen MR) is 145 cm³/mol. The molecule has 0 bridgehead atoms. The van der Waals surface area contributed by atoms with E-state index in [-0.39, 0.29) is 12.0 Å². The monoisotopic (exact) mass is 523 g/mol. The number of ether oxygens (including phenoxy) is 2. The second-order valence-electron chi connectivity index (χ2n) is 9.87. The Morgan fingerprint density at radius 3 is 2.64 bits per heavy atom. The third-order valence-electron chi connectivity index (χ3n) is 6.95. The molecule has 36 heavy (non-hydrogen) atoms. The van der Waals surface area contributed by atoms with Crippen molar-refractivity contribution in [3.05, 3.63) is 34.9 Å². The molecule has 2 amide bonds. The van der Waals surface area contributed by atoms with Crippen LogP contribution in [0, 0.1) is 11.8 Å². The summed E-state index contributed by atoms with van der Waals surface area (Å²) in [7, 11) is 3.31. The summed E-state index contributed by atoms with van der Waals surface area (Å²) in [6.45, 7) is 5.01. The first-order valence-electron chi connectivity index (χ1n) is 13.6. The first-order valence-corrected chi connectivity index (χ1v) is 14.0. The van der Waals surface area contributed by atoms with E-state index in [9.17, 15) is 9.59 Å². The Labute approximate surface area is 222 Å². The van der Waals surface area contributed by atoms with E-state index in [1.807, 2.05) is 36.2 Å². The maximum absolute atomic E-state index is 13.4. The van der Waals surface area contributed by atoms with Gasteiger partial charge in [-0.2, -0.15) is 0 Å². The van der Waals surface area contributed by atoms with Gasteiger partial charge < -0.3 is 25.0 Å². The van der Waals surface area contributed by atoms with Gasteiger partial charge in [0.2, 0.25) is 5.91 Å². The molecule has 1 aliphatic carbocycles. The highest BCUT2D eigenvalue weighted by atomic mass is 35.5. The summed E-state index contributed by atoms with van der Waals surface area (Å²) in [6.07, 6.45) is 9.18. The molecule has 1 saturated carbocycles. The van der Waals surface area contributed by atoms with Gasteiger partial charge in [0, 0.05) is 31.1 Å². The number of amides is 2. The summed E-state index contributed by atoms with van der Waals surface area (Å²) in [6, 6.07) is 7.63. The molecule has 1 aromatic carbocycles. The van der Waals surface area contributed by atoms with Crippen molar-refractivity contribution in [2.45, 2.75) is 70.8 Å². The second-order valence-corrected chi connectivity index (χ2v) is 10.3. The van der Waals surface area contributed by atoms with Crippen LogP contribution in [0.1, 0.15) is 76.4 Å². The number of nitrogens with one attached hydrogen (secondary N) is 2. The average molecular weight is 524 g/mol. The number of benzene rings is 1. The van der Waals surface area contributed by atoms with Gasteiger partial charge >= 0.3 is 6.09 Å². The topological polar surface area (TPSA) is 79.9 Å². The number of carbonyl (C=O) groups excluding carboxylic acids is 2. The molecular formula is C28H46ClN3O4. The molecule has 2 atom stereocenters. The molecule has 7 nitrogen and oxygen atoms in total. The standard InChI is InChI=1S/C28H46ClN3O4/c1-4-15-32(27(33)19-23(21-30-2)18-22-9-6-5-7-10-22)16-13-26(24-11-8-12-25(29)20-24)36-17-14-31-28(34)35-3/h8,11-12,20,22-23,26,30H,4-7,9-10,13-19,21H2,1-3H3,(H,31,34)/t23-,26-/m1/s1. The van der Waals surface area contributed by atoms with Crippen LogP contribution >= 0.6 is 11.6 Å². The van der Waals surface area contributed by atoms with Gasteiger partial charge in [-0.3, -0.25) is 4.79 Å². The summed E-state index contributed by atoms with van der Waals surface area (Å²) >= 11 is 6.24. The van der Waals surface area contributed by atoms with Gasteiger partial charge in [0.05, 0.1) is 19.8 Å². The molecule has 1 fully saturated rings. The van der Waals surface area contributed by atoms with Crippen LogP contribution in [0.15, 0.2) is 24.3 Å². The van der Waals surface area contributed by atoms with Crippen molar-refractivity contribution in [1.82, 2.24) is 15.5 Å². The van der Waals surface area contributed by atoms with Gasteiger partial charge in [-0.1, -0.05) is 62.8 Å². The molecule has 0 saturated heterocycles. The van der Waals surface area contributed by atoms with E-state index < -0.39 is 6.09 Å². The van der Waals surface area contributed by atoms with Crippen molar-refractivity contribution < 1.29 is 19.1 Å². The number of carbonyl (C=O) groups is 2. The van der Waals surface area contributed by atoms with Gasteiger partial charge in [0.25, 0.3) is 0 Å². The molecular weight excluding hydrogens is 478 g/mol. The first-order chi connectivity index (χ1) is 17.5. The lowest BCUT2D eigenvalue weighted by Crippen LogP contribution is -2.36. The van der Waals surface area contributed by atoms with Crippen LogP contribution in [0.5, 0.6) is 0 Å². The SMILES string of the molecule is CCCN(CC[C@@H](OCCNC(=O)OC)c1cccc(Cl)c1)C(=O)C[C@H](CNC)CC1CCCCC1. The Balaban J connectivity index is 1.99. The summed E-state index contributed by atoms with van der Waals surface area (Å²) in [5.41, 5.74) is 0.967. The molecule has 0 aliphatic heterocycles. The van der Waals surface area contributed by atoms with Crippen molar-refractivity contribution in [1.29, 1.82) is 0 Å². The van der Waals surface area contributed by atoms with Gasteiger partial charge in [0.1, 0.15) is 0 Å². The fraction of sp³-hybridized carbons (Fsp3) is 0.714. The number of methoxy groups -OCH3 is 1. The number of alkyl carbamates (subject to hydrolysis) is 1. The van der Waals surface area contributed by atoms with Crippen LogP contribution in [0.2, 0.25) is 5.02 Å². The van der Waals surface area contributed by atoms with Gasteiger partial charge in [-0.15, -0.1) is 0 Å². The van der Waals surface area contributed by atoms with Crippen molar-refractivity contribution in [3.63, 3.8) is 0 Å². The molecule has 204 valence electrons. The normalized spacial score (nSPS) is 15.8. The minimum atomic E-state index is -0.484. The molecule has 0 heterocycles. The number of hydrogen-bond acceptors (Lipinski definition) is 5. The Kier molecular flexibility index (Phi) is 14.9. The molecule has 2 rings (SSSR count). The van der Waals surface area contributed by atoms with Crippen LogP contribution < -0.4 is 10.6 Å². The number of rotatable bonds is 16. The van der Waals surface area contributed by atoms with Crippen LogP contribution in [-0.2, 0) is 14.3 Å². The fourth-order valence-corrected chi connectivity index (χ4v) is 5.38. The summed E-state index contributed by atoms with van der Waals surface area (Å²) < 4.78 is 10.7. The first kappa shape index (κ1) is 30.4. The highest BCUT2D eigenvalue weighted by molar-refractivity contribution is 6.30. The fourth-order valence-electron chi connectivity index (χ4n) is 5.18. The van der Waals surface area contributed by atoms with Crippen LogP contribution in [0.4, 0.5) is 4.79 Å². The molecule has 2 N–H and O–H groups in total. The average Bonchev–Trinajstić information content (AvgIpc) is 2.88. The lowest BCUT2D eigenvalue weighted by molar-refractivity contribution is -0.132. The summed E-state index contributed by atoms with van der Waals surface area (Å²) in [5.74, 6) is 1.35. The van der Waals surface area contributed by atoms with Gasteiger partial charge in [-0.05, 0) is 62.4 Å². The van der Waals surface area contributed by atoms with E-state index in [1.165, 1.54) is 39.2 Å². The largest absolute Gasteiger partial charge is 0.453 e. The van der Waals surface area contributed by atoms with E-state index in [1.54, 1.807) is 0 Å². The quantitative estimate of drug-likeness (QED) is 0.276. The Hall–Kier alpha value is -1.83. The lowest BCUT2D eigenvalue weighted by atomic mass is 9.81. The van der Waals surface area contributed by atoms with Gasteiger partial charge in [-0.25, -0.2) is 4.79 Å². The van der Waals surface area contributed by atoms with Crippen molar-refractivity contribution in [3.8, 4) is 0 Å². The Bertz CT molecular complexity index is 773. The summed E-state index contributed by atoms with van der Waals surface area (Å²) in [4.78, 5) is 26.7. The zero-order chi connectivity index (χ0) is 26.2. The van der Waals surface area contributed by atoms with E-state index in [0.29, 0.717) is 43.5 Å². The predicted octanol–water partition coefficient (Wildman–Crippen LogP) is 5.58. The van der Waals surface area contributed by atoms with E-state index >= 15 is 0 Å². The molecule has 1 aromatic rings. The zero-order valence-electron chi connectivity index (χ0n) is 22.4. The maximum Gasteiger partial charge on any atom is 0.406 e. The number of hydrogen-bond donors (Lipinski definition) is 2. The maximum atomic E-state index is 13.4. The van der Waals surface area contributed by atoms with E-state index in [4.69, 9.17) is 16.3 Å². The second kappa shape index (κ2) is 17.6. The molecule has 0 radical (unpaired) electrons. The van der Waals surface area contributed by atoms with Crippen molar-refractivity contribution in [2.75, 3.05) is 46.9 Å². The highest BCUT2D eigenvalue weighted by Gasteiger charge is 2.24. The number of nitrogens with zero attached hydrogens (tertiary/aromatic N) is 1. The molecule has 1 aliphatic rings. The third kappa shape index (κ3) is 11.5. The van der Waals surface area contributed by atoms with Crippen molar-refractivity contribution in [2.24, 2.45) is 11.8 Å². The minimum absolute atomic E-state index is 0.227. The minimum Gasteiger partial charge on any atom is -0.453 e. The van der Waals surface area contributed by atoms with Crippen LogP contribution in [0.25, 0.3) is 0 Å². The van der Waals surface area contributed by atoms with Gasteiger partial charge in [0.15, 0.2) is 0 Å².